The highest BCUT2D eigenvalue weighted by Crippen LogP contribution is 2.19. The fraction of sp³-hybridized carbons (Fsp3) is 0.556. The molecule has 0 radical (unpaired) electrons. The summed E-state index contributed by atoms with van der Waals surface area (Å²) in [7, 11) is -2.10. The van der Waals surface area contributed by atoms with Crippen LogP contribution in [-0.4, -0.2) is 29.7 Å². The van der Waals surface area contributed by atoms with Crippen LogP contribution in [0, 0.1) is 0 Å². The Bertz CT molecular complexity index is 507. The standard InChI is InChI=1S/C9H15ClN4O2S2/c1-14-9(7(10)6-12-14)18(15,16)13-5-3-2-4-8(11)17/h6,13H,2-5H2,1H3,(H2,11,17). The molecule has 0 atom stereocenters. The van der Waals surface area contributed by atoms with Crippen LogP contribution in [0.15, 0.2) is 11.2 Å². The maximum atomic E-state index is 11.9. The van der Waals surface area contributed by atoms with Crippen LogP contribution in [0.4, 0.5) is 0 Å². The summed E-state index contributed by atoms with van der Waals surface area (Å²) >= 11 is 10.5. The summed E-state index contributed by atoms with van der Waals surface area (Å²) < 4.78 is 27.5. The van der Waals surface area contributed by atoms with Gasteiger partial charge >= 0.3 is 0 Å². The highest BCUT2D eigenvalue weighted by atomic mass is 35.5. The maximum absolute atomic E-state index is 11.9. The van der Waals surface area contributed by atoms with E-state index in [0.29, 0.717) is 24.4 Å². The van der Waals surface area contributed by atoms with E-state index in [-0.39, 0.29) is 10.0 Å². The Morgan fingerprint density at radius 2 is 2.28 bits per heavy atom. The van der Waals surface area contributed by atoms with E-state index in [0.717, 1.165) is 6.42 Å². The summed E-state index contributed by atoms with van der Waals surface area (Å²) in [6, 6.07) is 0. The topological polar surface area (TPSA) is 90.0 Å². The summed E-state index contributed by atoms with van der Waals surface area (Å²) in [6.45, 7) is 0.312. The molecule has 1 aromatic rings. The molecule has 0 unspecified atom stereocenters. The van der Waals surface area contributed by atoms with Crippen LogP contribution in [0.5, 0.6) is 0 Å². The molecule has 3 N–H and O–H groups in total. The molecule has 1 heterocycles. The van der Waals surface area contributed by atoms with E-state index >= 15 is 0 Å². The highest BCUT2D eigenvalue weighted by molar-refractivity contribution is 7.89. The molecule has 1 aromatic heterocycles. The second-order valence-corrected chi connectivity index (χ2v) is 6.36. The fourth-order valence-corrected chi connectivity index (χ4v) is 3.27. The molecular formula is C9H15ClN4O2S2. The number of aryl methyl sites for hydroxylation is 1. The second kappa shape index (κ2) is 6.46. The number of rotatable bonds is 7. The average Bonchev–Trinajstić information content (AvgIpc) is 2.57. The predicted octanol–water partition coefficient (Wildman–Crippen LogP) is 0.808. The van der Waals surface area contributed by atoms with Crippen LogP contribution in [-0.2, 0) is 17.1 Å². The maximum Gasteiger partial charge on any atom is 0.259 e. The lowest BCUT2D eigenvalue weighted by atomic mass is 10.2. The van der Waals surface area contributed by atoms with Crippen molar-refractivity contribution < 1.29 is 8.42 Å². The Balaban J connectivity index is 2.54. The summed E-state index contributed by atoms with van der Waals surface area (Å²) in [5.41, 5.74) is 5.34. The first-order chi connectivity index (χ1) is 8.34. The number of halogens is 1. The quantitative estimate of drug-likeness (QED) is 0.574. The van der Waals surface area contributed by atoms with Gasteiger partial charge in [-0.15, -0.1) is 0 Å². The van der Waals surface area contributed by atoms with Gasteiger partial charge in [-0.3, -0.25) is 4.68 Å². The van der Waals surface area contributed by atoms with Crippen molar-refractivity contribution in [1.29, 1.82) is 0 Å². The van der Waals surface area contributed by atoms with Crippen molar-refractivity contribution in [3.05, 3.63) is 11.2 Å². The van der Waals surface area contributed by atoms with Crippen molar-refractivity contribution in [3.63, 3.8) is 0 Å². The molecule has 1 rings (SSSR count). The molecule has 18 heavy (non-hydrogen) atoms. The second-order valence-electron chi connectivity index (χ2n) is 3.74. The van der Waals surface area contributed by atoms with Gasteiger partial charge in [-0.25, -0.2) is 13.1 Å². The SMILES string of the molecule is Cn1ncc(Cl)c1S(=O)(=O)NCCCCC(N)=S. The molecule has 102 valence electrons. The third-order valence-corrected chi connectivity index (χ3v) is 4.41. The number of nitrogens with one attached hydrogen (secondary N) is 1. The van der Waals surface area contributed by atoms with Crippen molar-refractivity contribution in [2.45, 2.75) is 24.3 Å². The third-order valence-electron chi connectivity index (χ3n) is 2.24. The Kier molecular flexibility index (Phi) is 5.51. The summed E-state index contributed by atoms with van der Waals surface area (Å²) in [5, 5.41) is 3.86. The van der Waals surface area contributed by atoms with Gasteiger partial charge < -0.3 is 5.73 Å². The van der Waals surface area contributed by atoms with Crippen LogP contribution in [0.25, 0.3) is 0 Å². The Labute approximate surface area is 117 Å². The van der Waals surface area contributed by atoms with E-state index in [1.165, 1.54) is 17.9 Å². The first-order valence-corrected chi connectivity index (χ1v) is 7.57. The first-order valence-electron chi connectivity index (χ1n) is 5.30. The molecule has 0 saturated heterocycles. The zero-order valence-corrected chi connectivity index (χ0v) is 12.3. The van der Waals surface area contributed by atoms with Gasteiger partial charge in [0.15, 0.2) is 5.03 Å². The molecule has 0 bridgehead atoms. The summed E-state index contributed by atoms with van der Waals surface area (Å²) in [6.07, 6.45) is 3.31. The molecule has 0 aliphatic heterocycles. The average molecular weight is 311 g/mol. The van der Waals surface area contributed by atoms with E-state index in [1.807, 2.05) is 0 Å². The van der Waals surface area contributed by atoms with Gasteiger partial charge in [-0.1, -0.05) is 23.8 Å². The lowest BCUT2D eigenvalue weighted by Gasteiger charge is -2.07. The lowest BCUT2D eigenvalue weighted by molar-refractivity contribution is 0.560. The summed E-state index contributed by atoms with van der Waals surface area (Å²) in [5.74, 6) is 0. The number of hydrogen-bond acceptors (Lipinski definition) is 4. The van der Waals surface area contributed by atoms with E-state index < -0.39 is 10.0 Å². The minimum Gasteiger partial charge on any atom is -0.393 e. The van der Waals surface area contributed by atoms with E-state index in [1.54, 1.807) is 0 Å². The van der Waals surface area contributed by atoms with Gasteiger partial charge in [0, 0.05) is 13.6 Å². The molecule has 0 spiro atoms. The van der Waals surface area contributed by atoms with Crippen molar-refractivity contribution in [3.8, 4) is 0 Å². The molecule has 0 fully saturated rings. The van der Waals surface area contributed by atoms with Crippen LogP contribution >= 0.6 is 23.8 Å². The first kappa shape index (κ1) is 15.4. The van der Waals surface area contributed by atoms with Crippen molar-refractivity contribution in [2.75, 3.05) is 6.54 Å². The molecule has 9 heteroatoms. The minimum atomic E-state index is -3.62. The zero-order valence-electron chi connectivity index (χ0n) is 9.89. The number of aromatic nitrogens is 2. The molecule has 0 aliphatic carbocycles. The Morgan fingerprint density at radius 3 is 2.78 bits per heavy atom. The number of nitrogens with two attached hydrogens (primary N) is 1. The minimum absolute atomic E-state index is 0.0292. The largest absolute Gasteiger partial charge is 0.393 e. The van der Waals surface area contributed by atoms with Gasteiger partial charge in [-0.2, -0.15) is 5.10 Å². The van der Waals surface area contributed by atoms with Gasteiger partial charge in [0.25, 0.3) is 10.0 Å². The fourth-order valence-electron chi connectivity index (χ4n) is 1.40. The molecule has 6 nitrogen and oxygen atoms in total. The van der Waals surface area contributed by atoms with Crippen LogP contribution in [0.1, 0.15) is 19.3 Å². The van der Waals surface area contributed by atoms with Crippen molar-refractivity contribution in [1.82, 2.24) is 14.5 Å². The molecular weight excluding hydrogens is 296 g/mol. The molecule has 0 amide bonds. The number of sulfonamides is 1. The number of thiocarbonyl (C=S) groups is 1. The van der Waals surface area contributed by atoms with Crippen molar-refractivity contribution >= 4 is 38.8 Å². The van der Waals surface area contributed by atoms with E-state index in [4.69, 9.17) is 29.6 Å². The predicted molar refractivity (Wildman–Crippen MR) is 74.0 cm³/mol. The number of hydrogen-bond donors (Lipinski definition) is 2. The van der Waals surface area contributed by atoms with E-state index in [2.05, 4.69) is 9.82 Å². The molecule has 0 aliphatic rings. The van der Waals surface area contributed by atoms with Crippen LogP contribution < -0.4 is 10.5 Å². The van der Waals surface area contributed by atoms with Crippen molar-refractivity contribution in [2.24, 2.45) is 12.8 Å². The smallest absolute Gasteiger partial charge is 0.259 e. The molecule has 0 aromatic carbocycles. The number of nitrogens with zero attached hydrogens (tertiary/aromatic N) is 2. The highest BCUT2D eigenvalue weighted by Gasteiger charge is 2.21. The third kappa shape index (κ3) is 4.20. The van der Waals surface area contributed by atoms with Gasteiger partial charge in [0.1, 0.15) is 0 Å². The van der Waals surface area contributed by atoms with Gasteiger partial charge in [0.05, 0.1) is 16.2 Å². The Hall–Kier alpha value is -0.700. The lowest BCUT2D eigenvalue weighted by Crippen LogP contribution is -2.27. The number of unbranched alkanes of at least 4 members (excludes halogenated alkanes) is 1. The summed E-state index contributed by atoms with van der Waals surface area (Å²) in [4.78, 5) is 0.438. The normalized spacial score (nSPS) is 11.7. The van der Waals surface area contributed by atoms with Crippen LogP contribution in [0.3, 0.4) is 0 Å². The molecule has 0 saturated carbocycles. The van der Waals surface area contributed by atoms with Crippen LogP contribution in [0.2, 0.25) is 5.02 Å². The van der Waals surface area contributed by atoms with Gasteiger partial charge in [-0.05, 0) is 19.3 Å². The zero-order chi connectivity index (χ0) is 13.8. The van der Waals surface area contributed by atoms with E-state index in [9.17, 15) is 8.42 Å². The monoisotopic (exact) mass is 310 g/mol. The Morgan fingerprint density at radius 1 is 1.61 bits per heavy atom. The van der Waals surface area contributed by atoms with Gasteiger partial charge in [0.2, 0.25) is 0 Å².